The Hall–Kier alpha value is -1.08. The lowest BCUT2D eigenvalue weighted by atomic mass is 9.62. The summed E-state index contributed by atoms with van der Waals surface area (Å²) in [5.41, 5.74) is -0.766. The first-order valence-electron chi connectivity index (χ1n) is 6.22. The van der Waals surface area contributed by atoms with Crippen molar-refractivity contribution in [2.75, 3.05) is 20.3 Å². The predicted molar refractivity (Wildman–Crippen MR) is 65.2 cm³/mol. The van der Waals surface area contributed by atoms with Gasteiger partial charge >= 0.3 is 0 Å². The highest BCUT2D eigenvalue weighted by atomic mass is 16.5. The fraction of sp³-hybridized carbons (Fsp3) is 0.846. The first-order valence-corrected chi connectivity index (χ1v) is 6.22. The average molecular weight is 238 g/mol. The number of nitriles is 1. The molecular weight excluding hydrogens is 216 g/mol. The molecule has 96 valence electrons. The molecule has 1 amide bonds. The number of rotatable bonds is 5. The molecular formula is C13H22N2O2. The van der Waals surface area contributed by atoms with Gasteiger partial charge in [-0.1, -0.05) is 6.92 Å². The summed E-state index contributed by atoms with van der Waals surface area (Å²) in [6, 6.07) is 2.25. The van der Waals surface area contributed by atoms with E-state index < -0.39 is 5.41 Å². The van der Waals surface area contributed by atoms with Crippen molar-refractivity contribution in [3.8, 4) is 6.07 Å². The molecule has 0 aromatic rings. The summed E-state index contributed by atoms with van der Waals surface area (Å²) in [5.74, 6) is 0.459. The number of likely N-dealkylation sites (N-methyl/N-ethyl adjacent to an activating group) is 1. The summed E-state index contributed by atoms with van der Waals surface area (Å²) < 4.78 is 5.08. The van der Waals surface area contributed by atoms with E-state index in [1.807, 2.05) is 13.8 Å². The number of ether oxygens (including phenoxy) is 1. The third-order valence-electron chi connectivity index (χ3n) is 3.56. The molecule has 1 aliphatic carbocycles. The van der Waals surface area contributed by atoms with Gasteiger partial charge in [-0.3, -0.25) is 4.79 Å². The van der Waals surface area contributed by atoms with Gasteiger partial charge in [0.2, 0.25) is 5.91 Å². The zero-order chi connectivity index (χ0) is 13.1. The summed E-state index contributed by atoms with van der Waals surface area (Å²) in [6.45, 7) is 7.12. The Kier molecular flexibility index (Phi) is 4.53. The van der Waals surface area contributed by atoms with E-state index >= 15 is 0 Å². The number of methoxy groups -OCH3 is 1. The van der Waals surface area contributed by atoms with Gasteiger partial charge in [0.05, 0.1) is 18.7 Å². The van der Waals surface area contributed by atoms with Crippen molar-refractivity contribution < 1.29 is 9.53 Å². The average Bonchev–Trinajstić information content (AvgIpc) is 2.25. The predicted octanol–water partition coefficient (Wildman–Crippen LogP) is 1.81. The van der Waals surface area contributed by atoms with Crippen molar-refractivity contribution in [3.05, 3.63) is 0 Å². The lowest BCUT2D eigenvalue weighted by Gasteiger charge is -2.43. The van der Waals surface area contributed by atoms with Gasteiger partial charge in [-0.05, 0) is 32.6 Å². The molecule has 0 aromatic carbocycles. The van der Waals surface area contributed by atoms with Crippen LogP contribution in [0, 0.1) is 22.7 Å². The second kappa shape index (κ2) is 5.50. The highest BCUT2D eigenvalue weighted by Crippen LogP contribution is 2.46. The Labute approximate surface area is 104 Å². The van der Waals surface area contributed by atoms with Crippen LogP contribution >= 0.6 is 0 Å². The topological polar surface area (TPSA) is 53.3 Å². The summed E-state index contributed by atoms with van der Waals surface area (Å²) in [4.78, 5) is 14.2. The van der Waals surface area contributed by atoms with Crippen LogP contribution in [0.3, 0.4) is 0 Å². The third-order valence-corrected chi connectivity index (χ3v) is 3.56. The van der Waals surface area contributed by atoms with Gasteiger partial charge in [0.15, 0.2) is 0 Å². The van der Waals surface area contributed by atoms with Gasteiger partial charge in [-0.25, -0.2) is 0 Å². The Morgan fingerprint density at radius 2 is 2.24 bits per heavy atom. The highest BCUT2D eigenvalue weighted by Gasteiger charge is 2.51. The summed E-state index contributed by atoms with van der Waals surface area (Å²) in [7, 11) is 1.63. The Morgan fingerprint density at radius 1 is 1.65 bits per heavy atom. The van der Waals surface area contributed by atoms with Crippen molar-refractivity contribution in [3.63, 3.8) is 0 Å². The molecule has 0 N–H and O–H groups in total. The number of hydrogen-bond acceptors (Lipinski definition) is 3. The van der Waals surface area contributed by atoms with Crippen LogP contribution in [0.5, 0.6) is 0 Å². The van der Waals surface area contributed by atoms with E-state index in [4.69, 9.17) is 4.74 Å². The molecule has 0 heterocycles. The molecule has 4 nitrogen and oxygen atoms in total. The minimum absolute atomic E-state index is 0.0230. The van der Waals surface area contributed by atoms with E-state index in [-0.39, 0.29) is 11.9 Å². The molecule has 0 radical (unpaired) electrons. The first-order chi connectivity index (χ1) is 8.00. The maximum atomic E-state index is 12.4. The maximum Gasteiger partial charge on any atom is 0.243 e. The fourth-order valence-electron chi connectivity index (χ4n) is 2.71. The Balaban J connectivity index is 2.76. The standard InChI is InChI=1S/C13H22N2O2/c1-5-15(11(3)8-17-4)12(16)13(9-14)6-10(2)7-13/h10-11H,5-8H2,1-4H3. The third kappa shape index (κ3) is 2.61. The van der Waals surface area contributed by atoms with Crippen LogP contribution in [0.4, 0.5) is 0 Å². The van der Waals surface area contributed by atoms with Gasteiger partial charge < -0.3 is 9.64 Å². The first kappa shape index (κ1) is 14.0. The molecule has 1 saturated carbocycles. The molecule has 0 spiro atoms. The van der Waals surface area contributed by atoms with Crippen LogP contribution in [0.2, 0.25) is 0 Å². The summed E-state index contributed by atoms with van der Waals surface area (Å²) in [5, 5.41) is 9.25. The van der Waals surface area contributed by atoms with E-state index in [1.165, 1.54) is 0 Å². The van der Waals surface area contributed by atoms with Crippen molar-refractivity contribution in [2.24, 2.45) is 11.3 Å². The zero-order valence-corrected chi connectivity index (χ0v) is 11.2. The minimum atomic E-state index is -0.766. The van der Waals surface area contributed by atoms with Crippen LogP contribution in [-0.2, 0) is 9.53 Å². The van der Waals surface area contributed by atoms with E-state index in [2.05, 4.69) is 13.0 Å². The van der Waals surface area contributed by atoms with Crippen molar-refractivity contribution in [2.45, 2.75) is 39.7 Å². The summed E-state index contributed by atoms with van der Waals surface area (Å²) in [6.07, 6.45) is 1.39. The molecule has 1 aliphatic rings. The summed E-state index contributed by atoms with van der Waals surface area (Å²) >= 11 is 0. The zero-order valence-electron chi connectivity index (χ0n) is 11.2. The fourth-order valence-corrected chi connectivity index (χ4v) is 2.71. The van der Waals surface area contributed by atoms with Crippen LogP contribution in [0.15, 0.2) is 0 Å². The molecule has 0 bridgehead atoms. The van der Waals surface area contributed by atoms with E-state index in [0.29, 0.717) is 31.9 Å². The normalized spacial score (nSPS) is 29.0. The number of amides is 1. The SMILES string of the molecule is CCN(C(=O)C1(C#N)CC(C)C1)C(C)COC. The largest absolute Gasteiger partial charge is 0.383 e. The molecule has 0 aliphatic heterocycles. The molecule has 1 fully saturated rings. The Bertz CT molecular complexity index is 316. The lowest BCUT2D eigenvalue weighted by Crippen LogP contribution is -2.53. The smallest absolute Gasteiger partial charge is 0.243 e. The number of nitrogens with zero attached hydrogens (tertiary/aromatic N) is 2. The maximum absolute atomic E-state index is 12.4. The van der Waals surface area contributed by atoms with E-state index in [0.717, 1.165) is 0 Å². The monoisotopic (exact) mass is 238 g/mol. The van der Waals surface area contributed by atoms with Gasteiger partial charge in [-0.2, -0.15) is 5.26 Å². The molecule has 1 atom stereocenters. The second-order valence-electron chi connectivity index (χ2n) is 5.10. The second-order valence-corrected chi connectivity index (χ2v) is 5.10. The number of carbonyl (C=O) groups is 1. The van der Waals surface area contributed by atoms with Crippen LogP contribution < -0.4 is 0 Å². The number of carbonyl (C=O) groups excluding carboxylic acids is 1. The van der Waals surface area contributed by atoms with Gasteiger partial charge in [0.25, 0.3) is 0 Å². The van der Waals surface area contributed by atoms with Crippen molar-refractivity contribution in [1.29, 1.82) is 5.26 Å². The van der Waals surface area contributed by atoms with E-state index in [1.54, 1.807) is 12.0 Å². The van der Waals surface area contributed by atoms with Crippen LogP contribution in [-0.4, -0.2) is 37.1 Å². The molecule has 4 heteroatoms. The molecule has 1 unspecified atom stereocenters. The van der Waals surface area contributed by atoms with E-state index in [9.17, 15) is 10.1 Å². The molecule has 0 aromatic heterocycles. The molecule has 0 saturated heterocycles. The lowest BCUT2D eigenvalue weighted by molar-refractivity contribution is -0.148. The van der Waals surface area contributed by atoms with Crippen LogP contribution in [0.25, 0.3) is 0 Å². The quantitative estimate of drug-likeness (QED) is 0.734. The van der Waals surface area contributed by atoms with Gasteiger partial charge in [0.1, 0.15) is 5.41 Å². The minimum Gasteiger partial charge on any atom is -0.383 e. The Morgan fingerprint density at radius 3 is 2.59 bits per heavy atom. The van der Waals surface area contributed by atoms with Gasteiger partial charge in [-0.15, -0.1) is 0 Å². The van der Waals surface area contributed by atoms with Crippen molar-refractivity contribution in [1.82, 2.24) is 4.90 Å². The van der Waals surface area contributed by atoms with Crippen molar-refractivity contribution >= 4 is 5.91 Å². The molecule has 1 rings (SSSR count). The molecule has 17 heavy (non-hydrogen) atoms. The highest BCUT2D eigenvalue weighted by molar-refractivity contribution is 5.86. The van der Waals surface area contributed by atoms with Gasteiger partial charge in [0, 0.05) is 13.7 Å². The number of hydrogen-bond donors (Lipinski definition) is 0. The van der Waals surface area contributed by atoms with Crippen LogP contribution in [0.1, 0.15) is 33.6 Å².